The minimum atomic E-state index is -4.39. The molecule has 0 amide bonds. The Bertz CT molecular complexity index is 345. The van der Waals surface area contributed by atoms with Crippen LogP contribution in [-0.2, 0) is 12.7 Å². The molecule has 0 spiro atoms. The van der Waals surface area contributed by atoms with Gasteiger partial charge in [-0.15, -0.1) is 0 Å². The maximum absolute atomic E-state index is 12.4. The van der Waals surface area contributed by atoms with Gasteiger partial charge in [-0.25, -0.2) is 4.98 Å². The molecule has 1 aromatic rings. The number of halogens is 3. The topological polar surface area (TPSA) is 38.0 Å². The zero-order chi connectivity index (χ0) is 10.3. The first kappa shape index (κ1) is 9.51. The summed E-state index contributed by atoms with van der Waals surface area (Å²) in [5.41, 5.74) is -0.772. The second-order valence-corrected chi connectivity index (χ2v) is 3.31. The number of aliphatic hydroxyl groups is 1. The smallest absolute Gasteiger partial charge is 0.385 e. The molecule has 1 aromatic heterocycles. The van der Waals surface area contributed by atoms with Gasteiger partial charge >= 0.3 is 6.18 Å². The standard InChI is InChI=1S/C8H9F3N2O/c9-8(10,11)6-4-12-7-5(14)2-1-3-13(6)7/h4-5,14H,1-3H2. The average molecular weight is 206 g/mol. The molecule has 0 fully saturated rings. The molecule has 0 saturated carbocycles. The SMILES string of the molecule is OC1CCCn2c(C(F)(F)F)cnc21. The van der Waals surface area contributed by atoms with E-state index in [-0.39, 0.29) is 12.4 Å². The molecule has 1 aliphatic heterocycles. The third-order valence-electron chi connectivity index (χ3n) is 2.33. The normalized spacial score (nSPS) is 22.1. The van der Waals surface area contributed by atoms with Crippen molar-refractivity contribution >= 4 is 0 Å². The lowest BCUT2D eigenvalue weighted by molar-refractivity contribution is -0.144. The van der Waals surface area contributed by atoms with E-state index in [1.54, 1.807) is 0 Å². The van der Waals surface area contributed by atoms with Crippen LogP contribution in [0.4, 0.5) is 13.2 Å². The van der Waals surface area contributed by atoms with E-state index in [0.29, 0.717) is 12.8 Å². The number of alkyl halides is 3. The fourth-order valence-corrected chi connectivity index (χ4v) is 1.69. The second kappa shape index (κ2) is 2.98. The zero-order valence-corrected chi connectivity index (χ0v) is 7.25. The number of hydrogen-bond donors (Lipinski definition) is 1. The van der Waals surface area contributed by atoms with Gasteiger partial charge in [-0.1, -0.05) is 0 Å². The van der Waals surface area contributed by atoms with E-state index in [1.807, 2.05) is 0 Å². The number of nitrogens with zero attached hydrogens (tertiary/aromatic N) is 2. The molecule has 3 nitrogen and oxygen atoms in total. The molecule has 1 atom stereocenters. The average Bonchev–Trinajstić information content (AvgIpc) is 2.47. The van der Waals surface area contributed by atoms with Crippen molar-refractivity contribution in [2.24, 2.45) is 0 Å². The summed E-state index contributed by atoms with van der Waals surface area (Å²) < 4.78 is 38.2. The van der Waals surface area contributed by atoms with Crippen molar-refractivity contribution < 1.29 is 18.3 Å². The van der Waals surface area contributed by atoms with Gasteiger partial charge in [0, 0.05) is 6.54 Å². The Morgan fingerprint density at radius 2 is 2.21 bits per heavy atom. The Morgan fingerprint density at radius 1 is 1.50 bits per heavy atom. The molecule has 78 valence electrons. The van der Waals surface area contributed by atoms with Crippen molar-refractivity contribution in [1.82, 2.24) is 9.55 Å². The van der Waals surface area contributed by atoms with Crippen LogP contribution in [0.2, 0.25) is 0 Å². The molecule has 6 heteroatoms. The van der Waals surface area contributed by atoms with Crippen LogP contribution in [0.15, 0.2) is 6.20 Å². The summed E-state index contributed by atoms with van der Waals surface area (Å²) in [5, 5.41) is 9.39. The molecule has 14 heavy (non-hydrogen) atoms. The second-order valence-electron chi connectivity index (χ2n) is 3.31. The van der Waals surface area contributed by atoms with E-state index in [1.165, 1.54) is 0 Å². The molecular formula is C8H9F3N2O. The van der Waals surface area contributed by atoms with Crippen LogP contribution >= 0.6 is 0 Å². The van der Waals surface area contributed by atoms with Crippen LogP contribution in [0.1, 0.15) is 30.5 Å². The lowest BCUT2D eigenvalue weighted by Gasteiger charge is -2.21. The largest absolute Gasteiger partial charge is 0.433 e. The van der Waals surface area contributed by atoms with Gasteiger partial charge in [-0.05, 0) is 12.8 Å². The van der Waals surface area contributed by atoms with Gasteiger partial charge in [-0.3, -0.25) is 0 Å². The van der Waals surface area contributed by atoms with Crippen LogP contribution < -0.4 is 0 Å². The highest BCUT2D eigenvalue weighted by Crippen LogP contribution is 2.34. The first-order valence-electron chi connectivity index (χ1n) is 4.31. The highest BCUT2D eigenvalue weighted by molar-refractivity contribution is 5.12. The Morgan fingerprint density at radius 3 is 2.86 bits per heavy atom. The van der Waals surface area contributed by atoms with Gasteiger partial charge in [0.2, 0.25) is 0 Å². The van der Waals surface area contributed by atoms with Crippen LogP contribution in [0.3, 0.4) is 0 Å². The van der Waals surface area contributed by atoms with Crippen molar-refractivity contribution in [2.75, 3.05) is 0 Å². The minimum absolute atomic E-state index is 0.128. The Kier molecular flexibility index (Phi) is 2.02. The summed E-state index contributed by atoms with van der Waals surface area (Å²) in [6.45, 7) is 0.279. The molecule has 0 bridgehead atoms. The van der Waals surface area contributed by atoms with Gasteiger partial charge < -0.3 is 9.67 Å². The van der Waals surface area contributed by atoms with Gasteiger partial charge in [-0.2, -0.15) is 13.2 Å². The molecule has 1 unspecified atom stereocenters. The summed E-state index contributed by atoms with van der Waals surface area (Å²) in [7, 11) is 0. The summed E-state index contributed by atoms with van der Waals surface area (Å²) in [6, 6.07) is 0. The predicted molar refractivity (Wildman–Crippen MR) is 41.4 cm³/mol. The Labute approximate surface area is 78.2 Å². The fourth-order valence-electron chi connectivity index (χ4n) is 1.69. The van der Waals surface area contributed by atoms with Crippen LogP contribution in [0, 0.1) is 0 Å². The summed E-state index contributed by atoms with van der Waals surface area (Å²) >= 11 is 0. The molecular weight excluding hydrogens is 197 g/mol. The minimum Gasteiger partial charge on any atom is -0.385 e. The number of hydrogen-bond acceptors (Lipinski definition) is 2. The molecule has 0 saturated heterocycles. The highest BCUT2D eigenvalue weighted by Gasteiger charge is 2.37. The van der Waals surface area contributed by atoms with E-state index in [0.717, 1.165) is 10.8 Å². The zero-order valence-electron chi connectivity index (χ0n) is 7.25. The maximum atomic E-state index is 12.4. The molecule has 1 N–H and O–H groups in total. The maximum Gasteiger partial charge on any atom is 0.433 e. The van der Waals surface area contributed by atoms with Gasteiger partial charge in [0.25, 0.3) is 0 Å². The number of aromatic nitrogens is 2. The van der Waals surface area contributed by atoms with E-state index in [4.69, 9.17) is 0 Å². The Balaban J connectivity index is 2.46. The van der Waals surface area contributed by atoms with E-state index >= 15 is 0 Å². The molecule has 0 aliphatic carbocycles. The molecule has 1 aliphatic rings. The highest BCUT2D eigenvalue weighted by atomic mass is 19.4. The number of rotatable bonds is 0. The fraction of sp³-hybridized carbons (Fsp3) is 0.625. The lowest BCUT2D eigenvalue weighted by atomic mass is 10.1. The van der Waals surface area contributed by atoms with Crippen molar-refractivity contribution in [3.8, 4) is 0 Å². The molecule has 2 heterocycles. The first-order chi connectivity index (χ1) is 6.50. The predicted octanol–water partition coefficient (Wildman–Crippen LogP) is 1.73. The summed E-state index contributed by atoms with van der Waals surface area (Å²) in [6.07, 6.45) is -3.44. The third kappa shape index (κ3) is 1.39. The number of aliphatic hydroxyl groups excluding tert-OH is 1. The quantitative estimate of drug-likeness (QED) is 0.702. The van der Waals surface area contributed by atoms with Gasteiger partial charge in [0.1, 0.15) is 17.6 Å². The van der Waals surface area contributed by atoms with Crippen LogP contribution in [-0.4, -0.2) is 14.7 Å². The summed E-state index contributed by atoms with van der Waals surface area (Å²) in [4.78, 5) is 3.60. The van der Waals surface area contributed by atoms with Crippen molar-refractivity contribution in [2.45, 2.75) is 31.7 Å². The Hall–Kier alpha value is -1.04. The first-order valence-corrected chi connectivity index (χ1v) is 4.31. The van der Waals surface area contributed by atoms with Gasteiger partial charge in [0.15, 0.2) is 0 Å². The lowest BCUT2D eigenvalue weighted by Crippen LogP contribution is -2.21. The third-order valence-corrected chi connectivity index (χ3v) is 2.33. The van der Waals surface area contributed by atoms with E-state index in [2.05, 4.69) is 4.98 Å². The van der Waals surface area contributed by atoms with Crippen molar-refractivity contribution in [3.05, 3.63) is 17.7 Å². The molecule has 2 rings (SSSR count). The monoisotopic (exact) mass is 206 g/mol. The summed E-state index contributed by atoms with van der Waals surface area (Å²) in [5.74, 6) is 0.128. The van der Waals surface area contributed by atoms with Crippen LogP contribution in [0.25, 0.3) is 0 Å². The number of imidazole rings is 1. The van der Waals surface area contributed by atoms with Crippen molar-refractivity contribution in [1.29, 1.82) is 0 Å². The molecule has 0 radical (unpaired) electrons. The molecule has 0 aromatic carbocycles. The van der Waals surface area contributed by atoms with Crippen molar-refractivity contribution in [3.63, 3.8) is 0 Å². The van der Waals surface area contributed by atoms with Crippen LogP contribution in [0.5, 0.6) is 0 Å². The number of fused-ring (bicyclic) bond motifs is 1. The van der Waals surface area contributed by atoms with E-state index in [9.17, 15) is 18.3 Å². The van der Waals surface area contributed by atoms with E-state index < -0.39 is 18.0 Å². The van der Waals surface area contributed by atoms with Gasteiger partial charge in [0.05, 0.1) is 6.20 Å².